The molecule has 5 nitrogen and oxygen atoms in total. The molecule has 3 rings (SSSR count). The number of carbonyl (C=O) groups is 2. The fourth-order valence-electron chi connectivity index (χ4n) is 2.85. The molecule has 0 saturated carbocycles. The van der Waals surface area contributed by atoms with Crippen molar-refractivity contribution in [2.75, 3.05) is 13.1 Å². The lowest BCUT2D eigenvalue weighted by Crippen LogP contribution is -2.42. The predicted molar refractivity (Wildman–Crippen MR) is 83.0 cm³/mol. The van der Waals surface area contributed by atoms with E-state index in [2.05, 4.69) is 4.98 Å². The third-order valence-corrected chi connectivity index (χ3v) is 4.18. The fourth-order valence-corrected chi connectivity index (χ4v) is 3.08. The van der Waals surface area contributed by atoms with Gasteiger partial charge < -0.3 is 10.0 Å². The summed E-state index contributed by atoms with van der Waals surface area (Å²) in [5.41, 5.74) is 1.02. The molecule has 2 heterocycles. The van der Waals surface area contributed by atoms with Gasteiger partial charge in [0.15, 0.2) is 0 Å². The lowest BCUT2D eigenvalue weighted by Gasteiger charge is -2.31. The summed E-state index contributed by atoms with van der Waals surface area (Å²) in [6, 6.07) is 7.00. The van der Waals surface area contributed by atoms with Gasteiger partial charge in [0.05, 0.1) is 17.0 Å². The zero-order valence-corrected chi connectivity index (χ0v) is 12.6. The Kier molecular flexibility index (Phi) is 3.98. The topological polar surface area (TPSA) is 70.5 Å². The molecule has 6 heteroatoms. The Labute approximate surface area is 132 Å². The summed E-state index contributed by atoms with van der Waals surface area (Å²) < 4.78 is 0. The minimum atomic E-state index is -0.855. The molecular formula is C16H15ClN2O3. The van der Waals surface area contributed by atoms with Gasteiger partial charge in [0.2, 0.25) is 0 Å². The number of fused-ring (bicyclic) bond motifs is 1. The van der Waals surface area contributed by atoms with Gasteiger partial charge in [-0.15, -0.1) is 0 Å². The van der Waals surface area contributed by atoms with Gasteiger partial charge in [-0.1, -0.05) is 17.7 Å². The second-order valence-corrected chi connectivity index (χ2v) is 5.89. The number of amides is 1. The maximum Gasteiger partial charge on any atom is 0.308 e. The number of hydrogen-bond donors (Lipinski definition) is 1. The summed E-state index contributed by atoms with van der Waals surface area (Å²) in [5, 5.41) is 10.4. The van der Waals surface area contributed by atoms with Crippen LogP contribution in [0.15, 0.2) is 30.5 Å². The number of piperidine rings is 1. The Morgan fingerprint density at radius 2 is 2.18 bits per heavy atom. The molecule has 1 aliphatic rings. The first-order chi connectivity index (χ1) is 10.6. The van der Waals surface area contributed by atoms with Crippen LogP contribution in [-0.2, 0) is 4.79 Å². The molecule has 1 aromatic carbocycles. The van der Waals surface area contributed by atoms with Crippen LogP contribution in [0.25, 0.3) is 10.9 Å². The van der Waals surface area contributed by atoms with E-state index in [-0.39, 0.29) is 12.5 Å². The van der Waals surface area contributed by atoms with E-state index in [1.807, 2.05) is 6.07 Å². The van der Waals surface area contributed by atoms with Crippen LogP contribution >= 0.6 is 11.6 Å². The predicted octanol–water partition coefficient (Wildman–Crippen LogP) is 2.83. The number of rotatable bonds is 2. The number of aliphatic carboxylic acids is 1. The second kappa shape index (κ2) is 5.93. The van der Waals surface area contributed by atoms with Crippen molar-refractivity contribution in [1.82, 2.24) is 9.88 Å². The molecule has 0 spiro atoms. The van der Waals surface area contributed by atoms with Gasteiger partial charge in [-0.05, 0) is 31.0 Å². The SMILES string of the molecule is O=C(O)[C@H]1CCCN(C(=O)c2cc(Cl)cc3cccnc23)C1. The first-order valence-corrected chi connectivity index (χ1v) is 7.50. The highest BCUT2D eigenvalue weighted by atomic mass is 35.5. The Morgan fingerprint density at radius 3 is 2.95 bits per heavy atom. The molecule has 1 saturated heterocycles. The summed E-state index contributed by atoms with van der Waals surface area (Å²) in [6.45, 7) is 0.790. The number of aromatic nitrogens is 1. The van der Waals surface area contributed by atoms with Crippen molar-refractivity contribution < 1.29 is 14.7 Å². The Hall–Kier alpha value is -2.14. The van der Waals surface area contributed by atoms with E-state index in [1.165, 1.54) is 0 Å². The van der Waals surface area contributed by atoms with Crippen molar-refractivity contribution in [3.05, 3.63) is 41.0 Å². The molecule has 0 radical (unpaired) electrons. The number of pyridine rings is 1. The number of benzene rings is 1. The van der Waals surface area contributed by atoms with Crippen LogP contribution < -0.4 is 0 Å². The molecule has 0 unspecified atom stereocenters. The summed E-state index contributed by atoms with van der Waals surface area (Å²) in [7, 11) is 0. The van der Waals surface area contributed by atoms with Gasteiger partial charge in [-0.3, -0.25) is 14.6 Å². The number of nitrogens with zero attached hydrogens (tertiary/aromatic N) is 2. The van der Waals surface area contributed by atoms with Crippen LogP contribution in [0.5, 0.6) is 0 Å². The monoisotopic (exact) mass is 318 g/mol. The molecule has 1 aromatic heterocycles. The van der Waals surface area contributed by atoms with Crippen LogP contribution in [0, 0.1) is 5.92 Å². The average Bonchev–Trinajstić information content (AvgIpc) is 2.53. The van der Waals surface area contributed by atoms with E-state index in [4.69, 9.17) is 16.7 Å². The molecule has 2 aromatic rings. The molecular weight excluding hydrogens is 304 g/mol. The molecule has 1 aliphatic heterocycles. The number of hydrogen-bond acceptors (Lipinski definition) is 3. The molecule has 1 amide bonds. The maximum atomic E-state index is 12.8. The summed E-state index contributed by atoms with van der Waals surface area (Å²) >= 11 is 6.09. The third kappa shape index (κ3) is 2.76. The lowest BCUT2D eigenvalue weighted by molar-refractivity contribution is -0.143. The van der Waals surface area contributed by atoms with Crippen LogP contribution in [-0.4, -0.2) is 40.0 Å². The minimum absolute atomic E-state index is 0.211. The largest absolute Gasteiger partial charge is 0.481 e. The maximum absolute atomic E-state index is 12.8. The fraction of sp³-hybridized carbons (Fsp3) is 0.312. The normalized spacial score (nSPS) is 18.4. The number of carboxylic acids is 1. The molecule has 1 fully saturated rings. The van der Waals surface area contributed by atoms with Gasteiger partial charge in [0.1, 0.15) is 0 Å². The number of likely N-dealkylation sites (tertiary alicyclic amines) is 1. The number of halogens is 1. The van der Waals surface area contributed by atoms with Crippen molar-refractivity contribution in [3.8, 4) is 0 Å². The molecule has 22 heavy (non-hydrogen) atoms. The molecule has 114 valence electrons. The summed E-state index contributed by atoms with van der Waals surface area (Å²) in [6.07, 6.45) is 2.92. The zero-order chi connectivity index (χ0) is 15.7. The van der Waals surface area contributed by atoms with E-state index in [0.29, 0.717) is 35.5 Å². The van der Waals surface area contributed by atoms with Crippen LogP contribution in [0.3, 0.4) is 0 Å². The Bertz CT molecular complexity index is 747. The lowest BCUT2D eigenvalue weighted by atomic mass is 9.97. The zero-order valence-electron chi connectivity index (χ0n) is 11.8. The van der Waals surface area contributed by atoms with E-state index >= 15 is 0 Å². The highest BCUT2D eigenvalue weighted by Crippen LogP contribution is 2.25. The van der Waals surface area contributed by atoms with E-state index < -0.39 is 11.9 Å². The van der Waals surface area contributed by atoms with Gasteiger partial charge in [0.25, 0.3) is 5.91 Å². The van der Waals surface area contributed by atoms with E-state index in [9.17, 15) is 9.59 Å². The standard InChI is InChI=1S/C16H15ClN2O3/c17-12-7-10-3-1-5-18-14(10)13(8-12)15(20)19-6-2-4-11(9-19)16(21)22/h1,3,5,7-8,11H,2,4,6,9H2,(H,21,22)/t11-/m0/s1. The van der Waals surface area contributed by atoms with Gasteiger partial charge in [-0.2, -0.15) is 0 Å². The first kappa shape index (κ1) is 14.8. The quantitative estimate of drug-likeness (QED) is 0.924. The summed E-state index contributed by atoms with van der Waals surface area (Å²) in [4.78, 5) is 29.8. The van der Waals surface area contributed by atoms with Crippen LogP contribution in [0.1, 0.15) is 23.2 Å². The van der Waals surface area contributed by atoms with Gasteiger partial charge >= 0.3 is 5.97 Å². The van der Waals surface area contributed by atoms with Crippen molar-refractivity contribution in [3.63, 3.8) is 0 Å². The van der Waals surface area contributed by atoms with Crippen molar-refractivity contribution in [1.29, 1.82) is 0 Å². The highest BCUT2D eigenvalue weighted by Gasteiger charge is 2.29. The van der Waals surface area contributed by atoms with E-state index in [1.54, 1.807) is 29.3 Å². The molecule has 0 bridgehead atoms. The summed E-state index contributed by atoms with van der Waals surface area (Å²) in [5.74, 6) is -1.57. The molecule has 1 atom stereocenters. The first-order valence-electron chi connectivity index (χ1n) is 7.12. The molecule has 0 aliphatic carbocycles. The van der Waals surface area contributed by atoms with Crippen molar-refractivity contribution in [2.24, 2.45) is 5.92 Å². The van der Waals surface area contributed by atoms with Crippen molar-refractivity contribution >= 4 is 34.4 Å². The van der Waals surface area contributed by atoms with E-state index in [0.717, 1.165) is 5.39 Å². The van der Waals surface area contributed by atoms with Crippen LogP contribution in [0.2, 0.25) is 5.02 Å². The van der Waals surface area contributed by atoms with Gasteiger partial charge in [-0.25, -0.2) is 0 Å². The Morgan fingerprint density at radius 1 is 1.36 bits per heavy atom. The smallest absolute Gasteiger partial charge is 0.308 e. The Balaban J connectivity index is 1.97. The van der Waals surface area contributed by atoms with Crippen molar-refractivity contribution in [2.45, 2.75) is 12.8 Å². The average molecular weight is 319 g/mol. The highest BCUT2D eigenvalue weighted by molar-refractivity contribution is 6.32. The second-order valence-electron chi connectivity index (χ2n) is 5.46. The minimum Gasteiger partial charge on any atom is -0.481 e. The van der Waals surface area contributed by atoms with Crippen LogP contribution in [0.4, 0.5) is 0 Å². The number of carbonyl (C=O) groups excluding carboxylic acids is 1. The molecule has 1 N–H and O–H groups in total. The number of carboxylic acid groups (broad SMARTS) is 1. The third-order valence-electron chi connectivity index (χ3n) is 3.96. The van der Waals surface area contributed by atoms with Gasteiger partial charge in [0, 0.05) is 29.7 Å².